The average molecular weight is 310 g/mol. The van der Waals surface area contributed by atoms with Crippen LogP contribution < -0.4 is 10.2 Å². The van der Waals surface area contributed by atoms with Crippen LogP contribution in [0.15, 0.2) is 36.4 Å². The summed E-state index contributed by atoms with van der Waals surface area (Å²) in [6.07, 6.45) is 0. The number of anilines is 3. The van der Waals surface area contributed by atoms with E-state index in [1.807, 2.05) is 23.9 Å². The summed E-state index contributed by atoms with van der Waals surface area (Å²) in [5.74, 6) is 3.09. The van der Waals surface area contributed by atoms with Crippen LogP contribution in [0, 0.1) is 18.3 Å². The largest absolute Gasteiger partial charge is 0.370 e. The molecule has 5 heteroatoms. The highest BCUT2D eigenvalue weighted by Crippen LogP contribution is 2.27. The highest BCUT2D eigenvalue weighted by atomic mass is 32.2. The van der Waals surface area contributed by atoms with Gasteiger partial charge < -0.3 is 10.2 Å². The van der Waals surface area contributed by atoms with E-state index in [4.69, 9.17) is 5.26 Å². The Bertz CT molecular complexity index is 702. The average Bonchev–Trinajstić information content (AvgIpc) is 2.56. The molecule has 0 spiro atoms. The number of hydrogen-bond acceptors (Lipinski definition) is 5. The Labute approximate surface area is 135 Å². The molecule has 112 valence electrons. The van der Waals surface area contributed by atoms with Gasteiger partial charge in [0, 0.05) is 36.0 Å². The minimum Gasteiger partial charge on any atom is -0.370 e. The van der Waals surface area contributed by atoms with Crippen LogP contribution in [0.4, 0.5) is 17.2 Å². The third kappa shape index (κ3) is 3.34. The van der Waals surface area contributed by atoms with Crippen molar-refractivity contribution in [3.05, 3.63) is 47.7 Å². The maximum Gasteiger partial charge on any atom is 0.142 e. The number of thioether (sulfide) groups is 1. The number of nitrogens with zero attached hydrogens (tertiary/aromatic N) is 3. The summed E-state index contributed by atoms with van der Waals surface area (Å²) >= 11 is 2.02. The first-order valence-electron chi connectivity index (χ1n) is 7.34. The lowest BCUT2D eigenvalue weighted by Crippen LogP contribution is -2.32. The van der Waals surface area contributed by atoms with E-state index in [9.17, 15) is 0 Å². The molecule has 1 aliphatic rings. The van der Waals surface area contributed by atoms with Gasteiger partial charge >= 0.3 is 0 Å². The molecule has 22 heavy (non-hydrogen) atoms. The molecule has 0 bridgehead atoms. The summed E-state index contributed by atoms with van der Waals surface area (Å²) in [6, 6.07) is 13.8. The lowest BCUT2D eigenvalue weighted by atomic mass is 10.1. The van der Waals surface area contributed by atoms with Crippen LogP contribution in [0.1, 0.15) is 11.3 Å². The molecule has 0 radical (unpaired) electrons. The number of benzene rings is 1. The molecule has 1 fully saturated rings. The Morgan fingerprint density at radius 3 is 2.77 bits per heavy atom. The zero-order valence-corrected chi connectivity index (χ0v) is 13.4. The standard InChI is InChI=1S/C17H18N4S/c1-13-11-14(19-17-4-2-3-15(12-18)20-17)5-6-16(13)21-7-9-22-10-8-21/h2-6,11H,7-10H2,1H3,(H,19,20). The van der Waals surface area contributed by atoms with E-state index in [1.165, 1.54) is 22.8 Å². The highest BCUT2D eigenvalue weighted by molar-refractivity contribution is 7.99. The lowest BCUT2D eigenvalue weighted by Gasteiger charge is -2.30. The summed E-state index contributed by atoms with van der Waals surface area (Å²) < 4.78 is 0. The second-order valence-corrected chi connectivity index (χ2v) is 6.47. The first-order valence-corrected chi connectivity index (χ1v) is 8.49. The Hall–Kier alpha value is -2.19. The van der Waals surface area contributed by atoms with Crippen LogP contribution in [-0.2, 0) is 0 Å². The molecule has 0 aliphatic carbocycles. The van der Waals surface area contributed by atoms with Crippen molar-refractivity contribution in [3.63, 3.8) is 0 Å². The zero-order valence-electron chi connectivity index (χ0n) is 12.5. The second kappa shape index (κ2) is 6.71. The zero-order chi connectivity index (χ0) is 15.4. The Morgan fingerprint density at radius 1 is 1.23 bits per heavy atom. The van der Waals surface area contributed by atoms with E-state index in [0.29, 0.717) is 11.5 Å². The minimum atomic E-state index is 0.421. The van der Waals surface area contributed by atoms with E-state index in [1.54, 1.807) is 6.07 Å². The summed E-state index contributed by atoms with van der Waals surface area (Å²) in [4.78, 5) is 6.69. The van der Waals surface area contributed by atoms with Gasteiger partial charge in [0.15, 0.2) is 0 Å². The molecule has 0 saturated carbocycles. The fourth-order valence-corrected chi connectivity index (χ4v) is 3.51. The van der Waals surface area contributed by atoms with Crippen molar-refractivity contribution in [2.75, 3.05) is 34.8 Å². The first-order chi connectivity index (χ1) is 10.8. The number of rotatable bonds is 3. The second-order valence-electron chi connectivity index (χ2n) is 5.25. The normalized spacial score (nSPS) is 14.5. The third-order valence-electron chi connectivity index (χ3n) is 3.68. The van der Waals surface area contributed by atoms with E-state index < -0.39 is 0 Å². The van der Waals surface area contributed by atoms with Crippen LogP contribution in [-0.4, -0.2) is 29.6 Å². The molecule has 1 N–H and O–H groups in total. The van der Waals surface area contributed by atoms with Crippen molar-refractivity contribution in [3.8, 4) is 6.07 Å². The first kappa shape index (κ1) is 14.7. The van der Waals surface area contributed by atoms with E-state index in [0.717, 1.165) is 18.8 Å². The Morgan fingerprint density at radius 2 is 2.05 bits per heavy atom. The van der Waals surface area contributed by atoms with Crippen LogP contribution in [0.3, 0.4) is 0 Å². The van der Waals surface area contributed by atoms with Gasteiger partial charge in [0.1, 0.15) is 17.6 Å². The molecule has 4 nitrogen and oxygen atoms in total. The maximum atomic E-state index is 8.91. The van der Waals surface area contributed by atoms with Crippen LogP contribution in [0.5, 0.6) is 0 Å². The maximum absolute atomic E-state index is 8.91. The van der Waals surface area contributed by atoms with E-state index >= 15 is 0 Å². The van der Waals surface area contributed by atoms with Gasteiger partial charge in [-0.15, -0.1) is 0 Å². The summed E-state index contributed by atoms with van der Waals surface area (Å²) in [6.45, 7) is 4.37. The van der Waals surface area contributed by atoms with Gasteiger partial charge in [-0.3, -0.25) is 0 Å². The lowest BCUT2D eigenvalue weighted by molar-refractivity contribution is 0.854. The van der Waals surface area contributed by atoms with E-state index in [2.05, 4.69) is 46.4 Å². The Kier molecular flexibility index (Phi) is 4.50. The molecule has 0 atom stereocenters. The molecule has 3 rings (SSSR count). The molecule has 1 aromatic carbocycles. The van der Waals surface area contributed by atoms with Gasteiger partial charge in [0.2, 0.25) is 0 Å². The molecule has 1 aliphatic heterocycles. The quantitative estimate of drug-likeness (QED) is 0.939. The fourth-order valence-electron chi connectivity index (χ4n) is 2.61. The topological polar surface area (TPSA) is 52.0 Å². The molecule has 1 saturated heterocycles. The predicted molar refractivity (Wildman–Crippen MR) is 93.0 cm³/mol. The van der Waals surface area contributed by atoms with Crippen LogP contribution in [0.25, 0.3) is 0 Å². The highest BCUT2D eigenvalue weighted by Gasteiger charge is 2.13. The number of aryl methyl sites for hydroxylation is 1. The smallest absolute Gasteiger partial charge is 0.142 e. The van der Waals surface area contributed by atoms with Crippen LogP contribution >= 0.6 is 11.8 Å². The van der Waals surface area contributed by atoms with Gasteiger partial charge in [-0.05, 0) is 42.8 Å². The monoisotopic (exact) mass is 310 g/mol. The van der Waals surface area contributed by atoms with Gasteiger partial charge in [0.05, 0.1) is 0 Å². The van der Waals surface area contributed by atoms with Crippen molar-refractivity contribution >= 4 is 29.0 Å². The van der Waals surface area contributed by atoms with Crippen LogP contribution in [0.2, 0.25) is 0 Å². The van der Waals surface area contributed by atoms with Crippen molar-refractivity contribution in [1.29, 1.82) is 5.26 Å². The number of pyridine rings is 1. The molecule has 0 unspecified atom stereocenters. The number of aromatic nitrogens is 1. The van der Waals surface area contributed by atoms with Crippen molar-refractivity contribution in [2.45, 2.75) is 6.92 Å². The number of nitrogens with one attached hydrogen (secondary N) is 1. The number of nitriles is 1. The van der Waals surface area contributed by atoms with Gasteiger partial charge in [-0.2, -0.15) is 17.0 Å². The van der Waals surface area contributed by atoms with Gasteiger partial charge in [-0.25, -0.2) is 4.98 Å². The number of hydrogen-bond donors (Lipinski definition) is 1. The van der Waals surface area contributed by atoms with Crippen molar-refractivity contribution in [1.82, 2.24) is 4.98 Å². The van der Waals surface area contributed by atoms with Gasteiger partial charge in [0.25, 0.3) is 0 Å². The third-order valence-corrected chi connectivity index (χ3v) is 4.63. The van der Waals surface area contributed by atoms with Gasteiger partial charge in [-0.1, -0.05) is 6.07 Å². The predicted octanol–water partition coefficient (Wildman–Crippen LogP) is 3.56. The Balaban J connectivity index is 1.78. The molecular formula is C17H18N4S. The summed E-state index contributed by atoms with van der Waals surface area (Å²) in [7, 11) is 0. The summed E-state index contributed by atoms with van der Waals surface area (Å²) in [5.41, 5.74) is 3.98. The molecule has 2 aromatic rings. The molecule has 1 aromatic heterocycles. The van der Waals surface area contributed by atoms with E-state index in [-0.39, 0.29) is 0 Å². The SMILES string of the molecule is Cc1cc(Nc2cccc(C#N)n2)ccc1N1CCSCC1. The molecule has 2 heterocycles. The fraction of sp³-hybridized carbons (Fsp3) is 0.294. The van der Waals surface area contributed by atoms with Crippen molar-refractivity contribution in [2.24, 2.45) is 0 Å². The molecular weight excluding hydrogens is 292 g/mol. The molecule has 0 amide bonds. The van der Waals surface area contributed by atoms with Crippen molar-refractivity contribution < 1.29 is 0 Å². The summed E-state index contributed by atoms with van der Waals surface area (Å²) in [5, 5.41) is 12.2. The minimum absolute atomic E-state index is 0.421.